The summed E-state index contributed by atoms with van der Waals surface area (Å²) in [7, 11) is 0. The van der Waals surface area contributed by atoms with E-state index in [-0.39, 0.29) is 5.91 Å². The SMILES string of the molecule is CCOc1cc(C2C(C(=O)Nc3cccc(C)c3C)=C(C)Nc3ncnn32)ccc1OCc1ccc(Br)cc1. The van der Waals surface area contributed by atoms with Gasteiger partial charge < -0.3 is 20.1 Å². The van der Waals surface area contributed by atoms with Gasteiger partial charge in [-0.1, -0.05) is 46.3 Å². The summed E-state index contributed by atoms with van der Waals surface area (Å²) in [6, 6.07) is 19.1. The lowest BCUT2D eigenvalue weighted by Crippen LogP contribution is -2.31. The van der Waals surface area contributed by atoms with Crippen LogP contribution in [0.25, 0.3) is 0 Å². The number of hydrogen-bond donors (Lipinski definition) is 2. The molecule has 0 saturated heterocycles. The number of rotatable bonds is 8. The molecule has 39 heavy (non-hydrogen) atoms. The smallest absolute Gasteiger partial charge is 0.255 e. The summed E-state index contributed by atoms with van der Waals surface area (Å²) in [6.45, 7) is 8.70. The molecule has 8 nitrogen and oxygen atoms in total. The molecule has 0 saturated carbocycles. The van der Waals surface area contributed by atoms with E-state index in [9.17, 15) is 4.79 Å². The van der Waals surface area contributed by atoms with Crippen molar-refractivity contribution in [3.05, 3.63) is 105 Å². The Bertz CT molecular complexity index is 1540. The fourth-order valence-corrected chi connectivity index (χ4v) is 4.86. The molecule has 0 spiro atoms. The lowest BCUT2D eigenvalue weighted by Gasteiger charge is -2.29. The van der Waals surface area contributed by atoms with Crippen molar-refractivity contribution >= 4 is 33.5 Å². The summed E-state index contributed by atoms with van der Waals surface area (Å²) in [5.74, 6) is 1.57. The number of carbonyl (C=O) groups excluding carboxylic acids is 1. The number of nitrogens with zero attached hydrogens (tertiary/aromatic N) is 3. The Morgan fingerprint density at radius 3 is 2.62 bits per heavy atom. The van der Waals surface area contributed by atoms with Gasteiger partial charge in [0.05, 0.1) is 12.2 Å². The number of hydrogen-bond acceptors (Lipinski definition) is 6. The fourth-order valence-electron chi connectivity index (χ4n) is 4.59. The van der Waals surface area contributed by atoms with E-state index >= 15 is 0 Å². The molecule has 9 heteroatoms. The molecule has 1 aliphatic heterocycles. The number of halogens is 1. The zero-order valence-electron chi connectivity index (χ0n) is 22.3. The predicted molar refractivity (Wildman–Crippen MR) is 155 cm³/mol. The van der Waals surface area contributed by atoms with Gasteiger partial charge in [-0.2, -0.15) is 10.1 Å². The molecule has 3 aromatic carbocycles. The van der Waals surface area contributed by atoms with Gasteiger partial charge in [-0.05, 0) is 80.3 Å². The van der Waals surface area contributed by atoms with E-state index in [1.54, 1.807) is 4.68 Å². The topological polar surface area (TPSA) is 90.3 Å². The number of aromatic nitrogens is 3. The molecule has 2 heterocycles. The number of nitrogens with one attached hydrogen (secondary N) is 2. The Kier molecular flexibility index (Phi) is 7.70. The summed E-state index contributed by atoms with van der Waals surface area (Å²) < 4.78 is 14.9. The number of amides is 1. The van der Waals surface area contributed by atoms with Crippen LogP contribution in [0.1, 0.15) is 42.1 Å². The van der Waals surface area contributed by atoms with Crippen molar-refractivity contribution in [1.82, 2.24) is 14.8 Å². The maximum Gasteiger partial charge on any atom is 0.255 e. The van der Waals surface area contributed by atoms with Gasteiger partial charge in [-0.25, -0.2) is 4.68 Å². The summed E-state index contributed by atoms with van der Waals surface area (Å²) in [4.78, 5) is 18.1. The number of ether oxygens (including phenoxy) is 2. The number of anilines is 2. The average molecular weight is 589 g/mol. The van der Waals surface area contributed by atoms with Crippen LogP contribution in [0.2, 0.25) is 0 Å². The molecule has 4 aromatic rings. The van der Waals surface area contributed by atoms with Crippen LogP contribution >= 0.6 is 15.9 Å². The number of aryl methyl sites for hydroxylation is 1. The summed E-state index contributed by atoms with van der Waals surface area (Å²) in [5, 5.41) is 10.8. The number of fused-ring (bicyclic) bond motifs is 1. The molecule has 200 valence electrons. The Hall–Kier alpha value is -4.11. The first-order valence-electron chi connectivity index (χ1n) is 12.7. The van der Waals surface area contributed by atoms with E-state index in [0.29, 0.717) is 41.9 Å². The lowest BCUT2D eigenvalue weighted by molar-refractivity contribution is -0.113. The van der Waals surface area contributed by atoms with Crippen molar-refractivity contribution in [3.8, 4) is 11.5 Å². The van der Waals surface area contributed by atoms with Gasteiger partial charge in [0.1, 0.15) is 19.0 Å². The minimum Gasteiger partial charge on any atom is -0.490 e. The highest BCUT2D eigenvalue weighted by molar-refractivity contribution is 9.10. The first kappa shape index (κ1) is 26.5. The Morgan fingerprint density at radius 1 is 1.05 bits per heavy atom. The van der Waals surface area contributed by atoms with E-state index in [1.807, 2.05) is 88.4 Å². The fraction of sp³-hybridized carbons (Fsp3) is 0.233. The second-order valence-electron chi connectivity index (χ2n) is 9.35. The first-order valence-corrected chi connectivity index (χ1v) is 13.5. The van der Waals surface area contributed by atoms with E-state index in [4.69, 9.17) is 9.47 Å². The minimum atomic E-state index is -0.520. The third-order valence-corrected chi connectivity index (χ3v) is 7.31. The van der Waals surface area contributed by atoms with Crippen LogP contribution in [-0.4, -0.2) is 27.3 Å². The predicted octanol–water partition coefficient (Wildman–Crippen LogP) is 6.56. The largest absolute Gasteiger partial charge is 0.490 e. The van der Waals surface area contributed by atoms with E-state index in [2.05, 4.69) is 36.6 Å². The molecule has 1 aliphatic rings. The van der Waals surface area contributed by atoms with Crippen molar-refractivity contribution in [2.75, 3.05) is 17.2 Å². The zero-order chi connectivity index (χ0) is 27.5. The third kappa shape index (κ3) is 5.54. The van der Waals surface area contributed by atoms with E-state index in [0.717, 1.165) is 32.4 Å². The van der Waals surface area contributed by atoms with Crippen LogP contribution in [0, 0.1) is 13.8 Å². The van der Waals surface area contributed by atoms with Crippen LogP contribution < -0.4 is 20.1 Å². The number of allylic oxidation sites excluding steroid dienone is 1. The number of carbonyl (C=O) groups is 1. The first-order chi connectivity index (χ1) is 18.9. The molecule has 0 fully saturated rings. The standard InChI is InChI=1S/C30H30BrN5O3/c1-5-38-26-15-22(11-14-25(26)39-16-21-9-12-23(31)13-10-21)28-27(20(4)34-30-32-17-33-36(28)30)29(37)35-24-8-6-7-18(2)19(24)3/h6-15,17,28H,5,16H2,1-4H3,(H,35,37)(H,32,33,34). The summed E-state index contributed by atoms with van der Waals surface area (Å²) in [5.41, 5.74) is 6.02. The Labute approximate surface area is 236 Å². The van der Waals surface area contributed by atoms with Gasteiger partial charge in [0.15, 0.2) is 11.5 Å². The normalized spacial score (nSPS) is 14.4. The molecule has 1 atom stereocenters. The Balaban J connectivity index is 1.49. The third-order valence-electron chi connectivity index (χ3n) is 6.78. The highest BCUT2D eigenvalue weighted by atomic mass is 79.9. The van der Waals surface area contributed by atoms with Crippen molar-refractivity contribution < 1.29 is 14.3 Å². The monoisotopic (exact) mass is 587 g/mol. The highest BCUT2D eigenvalue weighted by Gasteiger charge is 2.34. The molecule has 1 unspecified atom stereocenters. The van der Waals surface area contributed by atoms with Crippen LogP contribution in [0.4, 0.5) is 11.6 Å². The maximum atomic E-state index is 13.8. The van der Waals surface area contributed by atoms with Gasteiger partial charge in [-0.3, -0.25) is 4.79 Å². The quantitative estimate of drug-likeness (QED) is 0.242. The highest BCUT2D eigenvalue weighted by Crippen LogP contribution is 2.39. The van der Waals surface area contributed by atoms with Crippen molar-refractivity contribution in [2.24, 2.45) is 0 Å². The van der Waals surface area contributed by atoms with Gasteiger partial charge >= 0.3 is 0 Å². The van der Waals surface area contributed by atoms with Gasteiger partial charge in [0.2, 0.25) is 5.95 Å². The maximum absolute atomic E-state index is 13.8. The van der Waals surface area contributed by atoms with E-state index in [1.165, 1.54) is 6.33 Å². The molecular formula is C30H30BrN5O3. The van der Waals surface area contributed by atoms with Crippen molar-refractivity contribution in [1.29, 1.82) is 0 Å². The average Bonchev–Trinajstić information content (AvgIpc) is 3.39. The van der Waals surface area contributed by atoms with Crippen molar-refractivity contribution in [2.45, 2.75) is 40.3 Å². The molecule has 0 bridgehead atoms. The lowest BCUT2D eigenvalue weighted by atomic mass is 9.94. The van der Waals surface area contributed by atoms with Crippen LogP contribution in [0.3, 0.4) is 0 Å². The summed E-state index contributed by atoms with van der Waals surface area (Å²) >= 11 is 3.46. The van der Waals surface area contributed by atoms with Crippen LogP contribution in [0.5, 0.6) is 11.5 Å². The van der Waals surface area contributed by atoms with Crippen LogP contribution in [0.15, 0.2) is 82.7 Å². The van der Waals surface area contributed by atoms with Gasteiger partial charge in [0.25, 0.3) is 5.91 Å². The molecular weight excluding hydrogens is 558 g/mol. The molecule has 1 amide bonds. The molecule has 1 aromatic heterocycles. The van der Waals surface area contributed by atoms with Gasteiger partial charge in [-0.15, -0.1) is 0 Å². The molecule has 2 N–H and O–H groups in total. The van der Waals surface area contributed by atoms with Crippen LogP contribution in [-0.2, 0) is 11.4 Å². The number of benzene rings is 3. The van der Waals surface area contributed by atoms with Gasteiger partial charge in [0, 0.05) is 15.9 Å². The molecule has 0 radical (unpaired) electrons. The minimum absolute atomic E-state index is 0.214. The second kappa shape index (κ2) is 11.3. The van der Waals surface area contributed by atoms with E-state index < -0.39 is 6.04 Å². The molecule has 5 rings (SSSR count). The second-order valence-corrected chi connectivity index (χ2v) is 10.3. The molecule has 0 aliphatic carbocycles. The Morgan fingerprint density at radius 2 is 1.85 bits per heavy atom. The summed E-state index contributed by atoms with van der Waals surface area (Å²) in [6.07, 6.45) is 1.48. The zero-order valence-corrected chi connectivity index (χ0v) is 23.9. The van der Waals surface area contributed by atoms with Crippen molar-refractivity contribution in [3.63, 3.8) is 0 Å².